The zero-order valence-electron chi connectivity index (χ0n) is 16.1. The van der Waals surface area contributed by atoms with Gasteiger partial charge in [0, 0.05) is 25.0 Å². The molecule has 0 bridgehead atoms. The van der Waals surface area contributed by atoms with Crippen LogP contribution in [0.15, 0.2) is 40.8 Å². The monoisotopic (exact) mass is 399 g/mol. The van der Waals surface area contributed by atoms with Crippen LogP contribution in [0.4, 0.5) is 0 Å². The molecule has 1 atom stereocenters. The molecule has 2 heterocycles. The molecule has 0 unspecified atom stereocenters. The lowest BCUT2D eigenvalue weighted by Crippen LogP contribution is -2.36. The number of carbonyl (C=O) groups excluding carboxylic acids is 2. The molecule has 1 aromatic carbocycles. The smallest absolute Gasteiger partial charge is 0.326 e. The minimum absolute atomic E-state index is 0.310. The van der Waals surface area contributed by atoms with Crippen molar-refractivity contribution in [3.63, 3.8) is 0 Å². The van der Waals surface area contributed by atoms with Gasteiger partial charge in [-0.25, -0.2) is 4.98 Å². The highest BCUT2D eigenvalue weighted by Crippen LogP contribution is 2.30. The summed E-state index contributed by atoms with van der Waals surface area (Å²) in [5.41, 5.74) is 2.52. The van der Waals surface area contributed by atoms with Crippen molar-refractivity contribution in [3.05, 3.63) is 51.9 Å². The predicted octanol–water partition coefficient (Wildman–Crippen LogP) is 2.45. The lowest BCUT2D eigenvalue weighted by atomic mass is 10.1. The summed E-state index contributed by atoms with van der Waals surface area (Å²) >= 11 is 1.38. The van der Waals surface area contributed by atoms with Gasteiger partial charge in [-0.3, -0.25) is 19.0 Å². The van der Waals surface area contributed by atoms with Crippen LogP contribution in [0.5, 0.6) is 0 Å². The molecule has 146 valence electrons. The fourth-order valence-electron chi connectivity index (χ4n) is 2.81. The maximum Gasteiger partial charge on any atom is 0.326 e. The van der Waals surface area contributed by atoms with Gasteiger partial charge >= 0.3 is 5.97 Å². The zero-order valence-corrected chi connectivity index (χ0v) is 16.9. The molecule has 0 saturated carbocycles. The maximum atomic E-state index is 13.0. The van der Waals surface area contributed by atoms with Gasteiger partial charge in [0.25, 0.3) is 11.5 Å². The van der Waals surface area contributed by atoms with Gasteiger partial charge in [-0.15, -0.1) is 11.3 Å². The Morgan fingerprint density at radius 1 is 1.25 bits per heavy atom. The fourth-order valence-corrected chi connectivity index (χ4v) is 3.72. The molecule has 0 spiro atoms. The molecule has 3 rings (SSSR count). The van der Waals surface area contributed by atoms with E-state index in [0.29, 0.717) is 10.2 Å². The van der Waals surface area contributed by atoms with Crippen molar-refractivity contribution in [2.75, 3.05) is 14.1 Å². The Morgan fingerprint density at radius 2 is 1.93 bits per heavy atom. The van der Waals surface area contributed by atoms with Crippen molar-refractivity contribution in [1.82, 2.24) is 14.5 Å². The summed E-state index contributed by atoms with van der Waals surface area (Å²) in [6.07, 6.45) is 0.416. The summed E-state index contributed by atoms with van der Waals surface area (Å²) in [4.78, 5) is 43.2. The van der Waals surface area contributed by atoms with E-state index >= 15 is 0 Å². The summed E-state index contributed by atoms with van der Waals surface area (Å²) in [5.74, 6) is -0.994. The van der Waals surface area contributed by atoms with Crippen LogP contribution in [0, 0.1) is 6.92 Å². The third kappa shape index (κ3) is 3.96. The first-order valence-electron chi connectivity index (χ1n) is 8.72. The van der Waals surface area contributed by atoms with Crippen LogP contribution in [-0.4, -0.2) is 46.5 Å². The van der Waals surface area contributed by atoms with Crippen molar-refractivity contribution < 1.29 is 14.3 Å². The van der Waals surface area contributed by atoms with Gasteiger partial charge in [0.2, 0.25) is 0 Å². The minimum Gasteiger partial charge on any atom is -0.451 e. The third-order valence-corrected chi connectivity index (χ3v) is 5.21. The normalized spacial score (nSPS) is 12.0. The highest BCUT2D eigenvalue weighted by molar-refractivity contribution is 7.17. The van der Waals surface area contributed by atoms with Crippen LogP contribution in [0.1, 0.15) is 12.5 Å². The van der Waals surface area contributed by atoms with Gasteiger partial charge < -0.3 is 9.64 Å². The number of carbonyl (C=O) groups is 2. The Morgan fingerprint density at radius 3 is 2.57 bits per heavy atom. The summed E-state index contributed by atoms with van der Waals surface area (Å²) < 4.78 is 6.35. The van der Waals surface area contributed by atoms with Gasteiger partial charge in [-0.05, 0) is 19.4 Å². The number of benzene rings is 1. The molecule has 2 aromatic heterocycles. The molecule has 28 heavy (non-hydrogen) atoms. The number of aromatic nitrogens is 2. The number of hydrogen-bond acceptors (Lipinski definition) is 6. The van der Waals surface area contributed by atoms with Crippen LogP contribution >= 0.6 is 11.3 Å². The second-order valence-corrected chi connectivity index (χ2v) is 7.60. The lowest BCUT2D eigenvalue weighted by molar-refractivity contribution is -0.158. The van der Waals surface area contributed by atoms with E-state index < -0.39 is 12.1 Å². The number of ether oxygens (including phenoxy) is 1. The molecule has 3 aromatic rings. The van der Waals surface area contributed by atoms with Crippen LogP contribution < -0.4 is 5.56 Å². The molecule has 0 radical (unpaired) electrons. The highest BCUT2D eigenvalue weighted by Gasteiger charge is 2.20. The number of amides is 1. The predicted molar refractivity (Wildman–Crippen MR) is 108 cm³/mol. The Hall–Kier alpha value is -3.00. The van der Waals surface area contributed by atoms with Crippen molar-refractivity contribution in [2.45, 2.75) is 26.5 Å². The van der Waals surface area contributed by atoms with Gasteiger partial charge in [0.15, 0.2) is 6.10 Å². The number of thiophene rings is 1. The van der Waals surface area contributed by atoms with E-state index in [2.05, 4.69) is 4.98 Å². The van der Waals surface area contributed by atoms with E-state index in [1.54, 1.807) is 14.1 Å². The zero-order chi connectivity index (χ0) is 20.4. The third-order valence-electron chi connectivity index (χ3n) is 4.32. The van der Waals surface area contributed by atoms with E-state index in [1.165, 1.54) is 34.1 Å². The number of nitrogens with zero attached hydrogens (tertiary/aromatic N) is 3. The average Bonchev–Trinajstić information content (AvgIpc) is 3.08. The molecule has 0 N–H and O–H groups in total. The molecule has 7 nitrogen and oxygen atoms in total. The van der Waals surface area contributed by atoms with Crippen molar-refractivity contribution >= 4 is 33.4 Å². The first-order valence-corrected chi connectivity index (χ1v) is 9.60. The van der Waals surface area contributed by atoms with Crippen LogP contribution in [0.3, 0.4) is 0 Å². The first kappa shape index (κ1) is 19.8. The number of aryl methyl sites for hydroxylation is 1. The lowest BCUT2D eigenvalue weighted by Gasteiger charge is -2.17. The number of rotatable bonds is 5. The van der Waals surface area contributed by atoms with Gasteiger partial charge in [0.05, 0.1) is 11.7 Å². The van der Waals surface area contributed by atoms with E-state index in [0.717, 1.165) is 16.7 Å². The molecule has 0 fully saturated rings. The topological polar surface area (TPSA) is 81.5 Å². The van der Waals surface area contributed by atoms with Crippen LogP contribution in [-0.2, 0) is 20.9 Å². The Balaban J connectivity index is 1.89. The van der Waals surface area contributed by atoms with E-state index in [4.69, 9.17) is 4.74 Å². The second-order valence-electron chi connectivity index (χ2n) is 6.74. The van der Waals surface area contributed by atoms with E-state index in [9.17, 15) is 14.4 Å². The molecule has 0 saturated heterocycles. The molecule has 8 heteroatoms. The van der Waals surface area contributed by atoms with Crippen molar-refractivity contribution in [1.29, 1.82) is 0 Å². The Labute approximate surface area is 166 Å². The number of hydrogen-bond donors (Lipinski definition) is 0. The number of esters is 1. The fraction of sp³-hybridized carbons (Fsp3) is 0.300. The van der Waals surface area contributed by atoms with E-state index in [-0.39, 0.29) is 18.0 Å². The molecule has 1 amide bonds. The van der Waals surface area contributed by atoms with Gasteiger partial charge in [-0.1, -0.05) is 29.8 Å². The van der Waals surface area contributed by atoms with Crippen molar-refractivity contribution in [2.24, 2.45) is 0 Å². The van der Waals surface area contributed by atoms with Crippen LogP contribution in [0.2, 0.25) is 0 Å². The molecular weight excluding hydrogens is 378 g/mol. The highest BCUT2D eigenvalue weighted by atomic mass is 32.1. The number of likely N-dealkylation sites (N-methyl/N-ethyl adjacent to an activating group) is 1. The minimum atomic E-state index is -0.917. The summed E-state index contributed by atoms with van der Waals surface area (Å²) in [6.45, 7) is 3.19. The molecule has 0 aliphatic carbocycles. The largest absolute Gasteiger partial charge is 0.451 e. The molecule has 0 aliphatic rings. The molecule has 0 aliphatic heterocycles. The van der Waals surface area contributed by atoms with Gasteiger partial charge in [0.1, 0.15) is 11.4 Å². The molecular formula is C20H21N3O4S. The summed E-state index contributed by atoms with van der Waals surface area (Å²) in [7, 11) is 3.16. The first-order chi connectivity index (χ1) is 13.3. The SMILES string of the molecule is Cc1ccc(-c2csc3ncn(CC(=O)O[C@H](C)C(=O)N(C)C)c(=O)c23)cc1. The quantitative estimate of drug-likeness (QED) is 0.616. The maximum absolute atomic E-state index is 13.0. The average molecular weight is 399 g/mol. The van der Waals surface area contributed by atoms with Crippen LogP contribution in [0.25, 0.3) is 21.3 Å². The van der Waals surface area contributed by atoms with Crippen molar-refractivity contribution in [3.8, 4) is 11.1 Å². The Bertz CT molecular complexity index is 1080. The van der Waals surface area contributed by atoms with E-state index in [1.807, 2.05) is 36.6 Å². The number of fused-ring (bicyclic) bond motifs is 1. The standard InChI is InChI=1S/C20H21N3O4S/c1-12-5-7-14(8-6-12)15-10-28-18-17(15)20(26)23(11-21-18)9-16(24)27-13(2)19(25)22(3)4/h5-8,10-11,13H,9H2,1-4H3/t13-/m1/s1. The second kappa shape index (κ2) is 7.93. The van der Waals surface area contributed by atoms with Gasteiger partial charge in [-0.2, -0.15) is 0 Å². The summed E-state index contributed by atoms with van der Waals surface area (Å²) in [6, 6.07) is 7.87. The Kier molecular flexibility index (Phi) is 5.60. The summed E-state index contributed by atoms with van der Waals surface area (Å²) in [5, 5.41) is 2.37.